The number of ether oxygens (including phenoxy) is 3. The molecular formula is C24H30ClN3O5. The van der Waals surface area contributed by atoms with Crippen LogP contribution >= 0.6 is 11.6 Å². The molecule has 0 spiro atoms. The predicted octanol–water partition coefficient (Wildman–Crippen LogP) is 2.39. The van der Waals surface area contributed by atoms with E-state index in [1.54, 1.807) is 29.2 Å². The van der Waals surface area contributed by atoms with E-state index in [2.05, 4.69) is 10.2 Å². The molecular weight excluding hydrogens is 446 g/mol. The summed E-state index contributed by atoms with van der Waals surface area (Å²) in [5.41, 5.74) is 0.00488. The lowest BCUT2D eigenvalue weighted by atomic mass is 10.1. The van der Waals surface area contributed by atoms with Crippen molar-refractivity contribution in [3.8, 4) is 11.5 Å². The number of aliphatic hydroxyl groups is 1. The van der Waals surface area contributed by atoms with E-state index in [4.69, 9.17) is 25.8 Å². The van der Waals surface area contributed by atoms with Crippen LogP contribution in [0.1, 0.15) is 5.56 Å². The van der Waals surface area contributed by atoms with Crippen molar-refractivity contribution in [1.82, 2.24) is 15.1 Å². The average molecular weight is 476 g/mol. The second-order valence-electron chi connectivity index (χ2n) is 8.44. The fourth-order valence-electron chi connectivity index (χ4n) is 3.91. The van der Waals surface area contributed by atoms with Crippen molar-refractivity contribution in [2.24, 2.45) is 0 Å². The van der Waals surface area contributed by atoms with Crippen molar-refractivity contribution in [3.63, 3.8) is 0 Å². The Morgan fingerprint density at radius 3 is 2.52 bits per heavy atom. The molecule has 4 rings (SSSR count). The van der Waals surface area contributed by atoms with E-state index >= 15 is 0 Å². The lowest BCUT2D eigenvalue weighted by Crippen LogP contribution is -2.48. The monoisotopic (exact) mass is 475 g/mol. The molecule has 2 saturated heterocycles. The van der Waals surface area contributed by atoms with Crippen LogP contribution in [-0.2, 0) is 11.3 Å². The Morgan fingerprint density at radius 2 is 1.79 bits per heavy atom. The Kier molecular flexibility index (Phi) is 7.93. The maximum Gasteiger partial charge on any atom is 0.317 e. The fourth-order valence-corrected chi connectivity index (χ4v) is 4.04. The third-order valence-electron chi connectivity index (χ3n) is 5.67. The normalized spacial score (nSPS) is 21.5. The summed E-state index contributed by atoms with van der Waals surface area (Å²) >= 11 is 5.92. The molecule has 9 heteroatoms. The number of benzene rings is 2. The van der Waals surface area contributed by atoms with E-state index in [1.807, 2.05) is 24.3 Å². The molecule has 8 nitrogen and oxygen atoms in total. The van der Waals surface area contributed by atoms with Gasteiger partial charge < -0.3 is 29.5 Å². The molecule has 2 aliphatic rings. The molecule has 1 unspecified atom stereocenters. The zero-order valence-corrected chi connectivity index (χ0v) is 19.3. The summed E-state index contributed by atoms with van der Waals surface area (Å²) in [6.45, 7) is 5.18. The van der Waals surface area contributed by atoms with E-state index in [1.165, 1.54) is 0 Å². The van der Waals surface area contributed by atoms with Gasteiger partial charge in [0.15, 0.2) is 0 Å². The highest BCUT2D eigenvalue weighted by molar-refractivity contribution is 6.30. The number of hydrogen-bond acceptors (Lipinski definition) is 6. The van der Waals surface area contributed by atoms with Crippen LogP contribution in [0.25, 0.3) is 0 Å². The summed E-state index contributed by atoms with van der Waals surface area (Å²) in [6.07, 6.45) is 0. The molecule has 2 aromatic carbocycles. The molecule has 0 radical (unpaired) electrons. The minimum Gasteiger partial charge on any atom is -0.492 e. The van der Waals surface area contributed by atoms with Crippen LogP contribution in [0.4, 0.5) is 4.79 Å². The highest BCUT2D eigenvalue weighted by Crippen LogP contribution is 2.21. The maximum atomic E-state index is 11.6. The summed E-state index contributed by atoms with van der Waals surface area (Å²) < 4.78 is 17.2. The van der Waals surface area contributed by atoms with Crippen molar-refractivity contribution in [2.45, 2.75) is 12.1 Å². The SMILES string of the molecule is O=C1NCCN1CCOc1ccc(CN2CCOCC(O)(COc3ccc(Cl)cc3)C2)cc1. The van der Waals surface area contributed by atoms with Gasteiger partial charge in [0.1, 0.15) is 30.3 Å². The minimum absolute atomic E-state index is 0.0334. The standard InChI is InChI=1S/C24H30ClN3O5/c25-20-3-7-22(8-4-20)33-18-24(30)16-27(11-13-31-17-24)15-19-1-5-21(6-2-19)32-14-12-28-10-9-26-23(28)29/h1-8,30H,9-18H2,(H,26,29). The van der Waals surface area contributed by atoms with E-state index in [0.717, 1.165) is 24.4 Å². The zero-order chi connectivity index (χ0) is 23.1. The van der Waals surface area contributed by atoms with Crippen LogP contribution in [-0.4, -0.2) is 85.7 Å². The van der Waals surface area contributed by atoms with Crippen molar-refractivity contribution in [2.75, 3.05) is 59.2 Å². The van der Waals surface area contributed by atoms with Gasteiger partial charge in [-0.15, -0.1) is 0 Å². The third kappa shape index (κ3) is 6.98. The van der Waals surface area contributed by atoms with Crippen LogP contribution in [0, 0.1) is 0 Å². The number of nitrogens with zero attached hydrogens (tertiary/aromatic N) is 2. The molecule has 2 N–H and O–H groups in total. The summed E-state index contributed by atoms with van der Waals surface area (Å²) in [5.74, 6) is 1.43. The largest absolute Gasteiger partial charge is 0.492 e. The van der Waals surface area contributed by atoms with Gasteiger partial charge in [-0.1, -0.05) is 23.7 Å². The Bertz CT molecular complexity index is 911. The van der Waals surface area contributed by atoms with E-state index in [-0.39, 0.29) is 19.2 Å². The highest BCUT2D eigenvalue weighted by atomic mass is 35.5. The molecule has 0 bridgehead atoms. The average Bonchev–Trinajstić information content (AvgIpc) is 3.12. The third-order valence-corrected chi connectivity index (χ3v) is 5.92. The van der Waals surface area contributed by atoms with Crippen molar-refractivity contribution < 1.29 is 24.1 Å². The van der Waals surface area contributed by atoms with Gasteiger partial charge in [-0.3, -0.25) is 4.90 Å². The number of nitrogens with one attached hydrogen (secondary N) is 1. The first-order chi connectivity index (χ1) is 16.0. The molecule has 2 fully saturated rings. The number of rotatable bonds is 9. The van der Waals surface area contributed by atoms with Crippen LogP contribution in [0.2, 0.25) is 5.02 Å². The topological polar surface area (TPSA) is 83.5 Å². The first kappa shape index (κ1) is 23.6. The minimum atomic E-state index is -1.11. The number of amides is 2. The van der Waals surface area contributed by atoms with Gasteiger partial charge in [0.05, 0.1) is 19.8 Å². The smallest absolute Gasteiger partial charge is 0.317 e. The number of hydrogen-bond donors (Lipinski definition) is 2. The van der Waals surface area contributed by atoms with Gasteiger partial charge in [0.25, 0.3) is 0 Å². The number of halogens is 1. The zero-order valence-electron chi connectivity index (χ0n) is 18.5. The van der Waals surface area contributed by atoms with Gasteiger partial charge in [0.2, 0.25) is 0 Å². The quantitative estimate of drug-likeness (QED) is 0.579. The Hall–Kier alpha value is -2.52. The molecule has 2 aromatic rings. The number of urea groups is 1. The number of carbonyl (C=O) groups excluding carboxylic acids is 1. The molecule has 2 amide bonds. The lowest BCUT2D eigenvalue weighted by molar-refractivity contribution is -0.0646. The van der Waals surface area contributed by atoms with Gasteiger partial charge in [-0.05, 0) is 42.0 Å². The molecule has 1 atom stereocenters. The van der Waals surface area contributed by atoms with Crippen LogP contribution < -0.4 is 14.8 Å². The first-order valence-electron chi connectivity index (χ1n) is 11.1. The van der Waals surface area contributed by atoms with E-state index in [0.29, 0.717) is 50.2 Å². The summed E-state index contributed by atoms with van der Waals surface area (Å²) in [4.78, 5) is 15.5. The molecule has 0 aliphatic carbocycles. The van der Waals surface area contributed by atoms with Crippen LogP contribution in [0.5, 0.6) is 11.5 Å². The van der Waals surface area contributed by atoms with Gasteiger partial charge in [0, 0.05) is 37.7 Å². The second kappa shape index (κ2) is 11.1. The number of β-amino-alcohol motifs (C(OH)–C–C–N with tert-alkyl or cyclic N) is 1. The van der Waals surface area contributed by atoms with Gasteiger partial charge in [-0.25, -0.2) is 4.79 Å². The van der Waals surface area contributed by atoms with Crippen LogP contribution in [0.15, 0.2) is 48.5 Å². The van der Waals surface area contributed by atoms with Crippen molar-refractivity contribution in [1.29, 1.82) is 0 Å². The second-order valence-corrected chi connectivity index (χ2v) is 8.88. The maximum absolute atomic E-state index is 11.6. The first-order valence-corrected chi connectivity index (χ1v) is 11.5. The molecule has 2 heterocycles. The molecule has 0 aromatic heterocycles. The Balaban J connectivity index is 1.26. The van der Waals surface area contributed by atoms with Gasteiger partial charge >= 0.3 is 6.03 Å². The van der Waals surface area contributed by atoms with E-state index < -0.39 is 5.60 Å². The Morgan fingerprint density at radius 1 is 1.06 bits per heavy atom. The lowest BCUT2D eigenvalue weighted by Gasteiger charge is -2.30. The van der Waals surface area contributed by atoms with E-state index in [9.17, 15) is 9.90 Å². The van der Waals surface area contributed by atoms with Gasteiger partial charge in [-0.2, -0.15) is 0 Å². The molecule has 2 aliphatic heterocycles. The Labute approximate surface area is 199 Å². The fraction of sp³-hybridized carbons (Fsp3) is 0.458. The summed E-state index contributed by atoms with van der Waals surface area (Å²) in [5, 5.41) is 14.5. The van der Waals surface area contributed by atoms with Crippen LogP contribution in [0.3, 0.4) is 0 Å². The predicted molar refractivity (Wildman–Crippen MR) is 125 cm³/mol. The highest BCUT2D eigenvalue weighted by Gasteiger charge is 2.33. The van der Waals surface area contributed by atoms with Crippen molar-refractivity contribution >= 4 is 17.6 Å². The molecule has 33 heavy (non-hydrogen) atoms. The molecule has 0 saturated carbocycles. The van der Waals surface area contributed by atoms with Crippen molar-refractivity contribution in [3.05, 3.63) is 59.1 Å². The number of carbonyl (C=O) groups is 1. The summed E-state index contributed by atoms with van der Waals surface area (Å²) in [6, 6.07) is 15.0. The summed E-state index contributed by atoms with van der Waals surface area (Å²) in [7, 11) is 0. The molecule has 178 valence electrons.